The number of pyridine rings is 1. The van der Waals surface area contributed by atoms with Crippen LogP contribution < -0.4 is 10.1 Å². The van der Waals surface area contributed by atoms with Gasteiger partial charge in [0.1, 0.15) is 17.2 Å². The molecule has 154 valence electrons. The molecule has 1 aromatic heterocycles. The van der Waals surface area contributed by atoms with Crippen LogP contribution in [0.25, 0.3) is 0 Å². The smallest absolute Gasteiger partial charge is 0.433 e. The zero-order valence-corrected chi connectivity index (χ0v) is 16.0. The van der Waals surface area contributed by atoms with Crippen LogP contribution in [-0.2, 0) is 6.18 Å². The van der Waals surface area contributed by atoms with Gasteiger partial charge in [-0.2, -0.15) is 13.2 Å². The number of alkyl halides is 3. The van der Waals surface area contributed by atoms with Crippen LogP contribution in [0.15, 0.2) is 42.6 Å². The summed E-state index contributed by atoms with van der Waals surface area (Å²) in [5.41, 5.74) is -0.788. The number of ether oxygens (including phenoxy) is 1. The zero-order valence-electron chi connectivity index (χ0n) is 16.0. The summed E-state index contributed by atoms with van der Waals surface area (Å²) >= 11 is 0. The number of hydrogen-bond acceptors (Lipinski definition) is 4. The van der Waals surface area contributed by atoms with Gasteiger partial charge in [-0.05, 0) is 68.5 Å². The van der Waals surface area contributed by atoms with E-state index in [0.29, 0.717) is 17.2 Å². The number of nitrogens with one attached hydrogen (secondary N) is 1. The fourth-order valence-electron chi connectivity index (χ4n) is 4.19. The summed E-state index contributed by atoms with van der Waals surface area (Å²) in [6.45, 7) is 4.09. The molecule has 29 heavy (non-hydrogen) atoms. The van der Waals surface area contributed by atoms with E-state index in [2.05, 4.69) is 22.1 Å². The number of fused-ring (bicyclic) bond motifs is 3. The van der Waals surface area contributed by atoms with Crippen molar-refractivity contribution in [2.75, 3.05) is 13.1 Å². The summed E-state index contributed by atoms with van der Waals surface area (Å²) in [5.74, 6) is 1.12. The molecule has 1 N–H and O–H groups in total. The van der Waals surface area contributed by atoms with E-state index in [4.69, 9.17) is 4.74 Å². The first-order valence-electron chi connectivity index (χ1n) is 9.62. The standard InChI is InChI=1S/C21H22F3N3O2/c1-20(12-14-8-10-27(20)11-9-14)26-19(28)15-2-4-16(5-3-15)29-17-6-7-18(25-13-17)21(22,23)24/h2-7,13-14H,8-12H2,1H3,(H,26,28)/t20-/m0/s1. The second kappa shape index (κ2) is 7.33. The molecule has 0 spiro atoms. The highest BCUT2D eigenvalue weighted by atomic mass is 19.4. The Morgan fingerprint density at radius 3 is 2.31 bits per heavy atom. The minimum Gasteiger partial charge on any atom is -0.456 e. The van der Waals surface area contributed by atoms with Crippen molar-refractivity contribution in [2.45, 2.75) is 38.0 Å². The number of halogens is 3. The lowest BCUT2D eigenvalue weighted by Gasteiger charge is -2.52. The van der Waals surface area contributed by atoms with Crippen LogP contribution >= 0.6 is 0 Å². The van der Waals surface area contributed by atoms with Crippen molar-refractivity contribution in [2.24, 2.45) is 5.92 Å². The van der Waals surface area contributed by atoms with Gasteiger partial charge in [0.05, 0.1) is 11.9 Å². The minimum atomic E-state index is -4.49. The van der Waals surface area contributed by atoms with E-state index < -0.39 is 11.9 Å². The van der Waals surface area contributed by atoms with Crippen molar-refractivity contribution in [3.05, 3.63) is 53.9 Å². The van der Waals surface area contributed by atoms with E-state index in [1.165, 1.54) is 18.9 Å². The average molecular weight is 405 g/mol. The van der Waals surface area contributed by atoms with Gasteiger partial charge in [-0.3, -0.25) is 9.69 Å². The predicted octanol–water partition coefficient (Wildman–Crippen LogP) is 4.45. The van der Waals surface area contributed by atoms with Crippen molar-refractivity contribution in [1.29, 1.82) is 0 Å². The number of nitrogens with zero attached hydrogens (tertiary/aromatic N) is 2. The van der Waals surface area contributed by atoms with Crippen LogP contribution in [0.5, 0.6) is 11.5 Å². The van der Waals surface area contributed by atoms with Crippen molar-refractivity contribution < 1.29 is 22.7 Å². The monoisotopic (exact) mass is 405 g/mol. The number of hydrogen-bond donors (Lipinski definition) is 1. The Morgan fingerprint density at radius 2 is 1.79 bits per heavy atom. The number of carbonyl (C=O) groups excluding carboxylic acids is 1. The topological polar surface area (TPSA) is 54.5 Å². The molecule has 3 aliphatic rings. The maximum Gasteiger partial charge on any atom is 0.433 e. The molecule has 1 atom stereocenters. The third kappa shape index (κ3) is 4.22. The summed E-state index contributed by atoms with van der Waals surface area (Å²) in [4.78, 5) is 18.4. The van der Waals surface area contributed by atoms with Gasteiger partial charge in [-0.1, -0.05) is 0 Å². The largest absolute Gasteiger partial charge is 0.456 e. The van der Waals surface area contributed by atoms with Gasteiger partial charge in [-0.25, -0.2) is 4.98 Å². The van der Waals surface area contributed by atoms with Crippen LogP contribution in [0.4, 0.5) is 13.2 Å². The zero-order chi connectivity index (χ0) is 20.6. The van der Waals surface area contributed by atoms with Crippen molar-refractivity contribution in [3.8, 4) is 11.5 Å². The number of rotatable bonds is 4. The Bertz CT molecular complexity index is 876. The van der Waals surface area contributed by atoms with Crippen molar-refractivity contribution in [1.82, 2.24) is 15.2 Å². The fraction of sp³-hybridized carbons (Fsp3) is 0.429. The molecule has 3 fully saturated rings. The number of piperidine rings is 3. The molecule has 5 rings (SSSR count). The Kier molecular flexibility index (Phi) is 4.98. The predicted molar refractivity (Wildman–Crippen MR) is 101 cm³/mol. The Balaban J connectivity index is 1.39. The second-order valence-corrected chi connectivity index (χ2v) is 7.87. The van der Waals surface area contributed by atoms with Gasteiger partial charge >= 0.3 is 6.18 Å². The number of benzene rings is 1. The summed E-state index contributed by atoms with van der Waals surface area (Å²) in [6, 6.07) is 8.59. The first kappa shape index (κ1) is 19.7. The molecule has 0 aliphatic carbocycles. The maximum absolute atomic E-state index is 12.7. The van der Waals surface area contributed by atoms with Gasteiger partial charge in [0.25, 0.3) is 5.91 Å². The van der Waals surface area contributed by atoms with Gasteiger partial charge in [0, 0.05) is 18.7 Å². The Hall–Kier alpha value is -2.61. The molecule has 1 aromatic carbocycles. The lowest BCUT2D eigenvalue weighted by Crippen LogP contribution is -2.65. The lowest BCUT2D eigenvalue weighted by atomic mass is 9.80. The SMILES string of the molecule is C[C@@]1(NC(=O)c2ccc(Oc3ccc(C(F)(F)F)nc3)cc2)CC2CCN1CC2. The van der Waals surface area contributed by atoms with Crippen molar-refractivity contribution in [3.63, 3.8) is 0 Å². The van der Waals surface area contributed by atoms with Crippen molar-refractivity contribution >= 4 is 5.91 Å². The van der Waals surface area contributed by atoms with Gasteiger partial charge < -0.3 is 10.1 Å². The quantitative estimate of drug-likeness (QED) is 0.816. The molecule has 3 saturated heterocycles. The van der Waals surface area contributed by atoms with Crippen LogP contribution in [0.1, 0.15) is 42.2 Å². The average Bonchev–Trinajstić information content (AvgIpc) is 2.68. The molecule has 0 saturated carbocycles. The maximum atomic E-state index is 12.7. The molecule has 0 radical (unpaired) electrons. The Labute approximate surface area is 166 Å². The molecule has 2 bridgehead atoms. The molecule has 0 unspecified atom stereocenters. The second-order valence-electron chi connectivity index (χ2n) is 7.87. The normalized spacial score (nSPS) is 26.2. The van der Waals surface area contributed by atoms with Crippen LogP contribution in [0, 0.1) is 5.92 Å². The van der Waals surface area contributed by atoms with Gasteiger partial charge in [0.15, 0.2) is 0 Å². The minimum absolute atomic E-state index is 0.150. The molecule has 3 aliphatic heterocycles. The summed E-state index contributed by atoms with van der Waals surface area (Å²) < 4.78 is 43.2. The highest BCUT2D eigenvalue weighted by molar-refractivity contribution is 5.94. The highest BCUT2D eigenvalue weighted by Crippen LogP contribution is 2.37. The first-order valence-corrected chi connectivity index (χ1v) is 9.62. The number of carbonyl (C=O) groups is 1. The van der Waals surface area contributed by atoms with Gasteiger partial charge in [0.2, 0.25) is 0 Å². The van der Waals surface area contributed by atoms with Crippen LogP contribution in [0.2, 0.25) is 0 Å². The lowest BCUT2D eigenvalue weighted by molar-refractivity contribution is -0.141. The molecule has 8 heteroatoms. The molecular weight excluding hydrogens is 383 g/mol. The van der Waals surface area contributed by atoms with Crippen LogP contribution in [-0.4, -0.2) is 34.5 Å². The van der Waals surface area contributed by atoms with E-state index in [1.54, 1.807) is 24.3 Å². The summed E-state index contributed by atoms with van der Waals surface area (Å²) in [5, 5.41) is 3.16. The number of aromatic nitrogens is 1. The molecular formula is C21H22F3N3O2. The first-order chi connectivity index (χ1) is 13.7. The van der Waals surface area contributed by atoms with E-state index in [9.17, 15) is 18.0 Å². The Morgan fingerprint density at radius 1 is 1.14 bits per heavy atom. The van der Waals surface area contributed by atoms with Crippen LogP contribution in [0.3, 0.4) is 0 Å². The molecule has 1 amide bonds. The fourth-order valence-corrected chi connectivity index (χ4v) is 4.19. The third-order valence-corrected chi connectivity index (χ3v) is 5.76. The van der Waals surface area contributed by atoms with E-state index >= 15 is 0 Å². The number of amides is 1. The van der Waals surface area contributed by atoms with E-state index in [-0.39, 0.29) is 17.3 Å². The van der Waals surface area contributed by atoms with Gasteiger partial charge in [-0.15, -0.1) is 0 Å². The van der Waals surface area contributed by atoms with E-state index in [1.807, 2.05) is 0 Å². The summed E-state index contributed by atoms with van der Waals surface area (Å²) in [7, 11) is 0. The molecule has 4 heterocycles. The molecule has 2 aromatic rings. The molecule has 5 nitrogen and oxygen atoms in total. The summed E-state index contributed by atoms with van der Waals surface area (Å²) in [6.07, 6.45) is -0.122. The highest BCUT2D eigenvalue weighted by Gasteiger charge is 2.43. The van der Waals surface area contributed by atoms with E-state index in [0.717, 1.165) is 31.8 Å². The third-order valence-electron chi connectivity index (χ3n) is 5.76.